The topological polar surface area (TPSA) is 60.9 Å². The third-order valence-electron chi connectivity index (χ3n) is 2.99. The molecule has 1 aromatic rings. The molecule has 110 valence electrons. The summed E-state index contributed by atoms with van der Waals surface area (Å²) in [6.45, 7) is 5.40. The Kier molecular flexibility index (Phi) is 6.56. The van der Waals surface area contributed by atoms with Gasteiger partial charge in [0.1, 0.15) is 0 Å². The fraction of sp³-hybridized carbons (Fsp3) is 0.467. The van der Waals surface area contributed by atoms with Crippen LogP contribution in [0.15, 0.2) is 30.3 Å². The van der Waals surface area contributed by atoms with Gasteiger partial charge in [-0.2, -0.15) is 0 Å². The average molecular weight is 278 g/mol. The van der Waals surface area contributed by atoms with Crippen molar-refractivity contribution in [2.45, 2.75) is 26.7 Å². The minimum absolute atomic E-state index is 0.0652. The summed E-state index contributed by atoms with van der Waals surface area (Å²) in [5.74, 6) is -0.905. The third kappa shape index (κ3) is 4.57. The maximum Gasteiger partial charge on any atom is 0.324 e. The van der Waals surface area contributed by atoms with Crippen molar-refractivity contribution in [2.24, 2.45) is 0 Å². The zero-order valence-corrected chi connectivity index (χ0v) is 12.1. The van der Waals surface area contributed by atoms with Gasteiger partial charge >= 0.3 is 12.0 Å². The molecule has 0 aliphatic rings. The highest BCUT2D eigenvalue weighted by molar-refractivity contribution is 5.92. The van der Waals surface area contributed by atoms with E-state index in [-0.39, 0.29) is 19.0 Å². The molecule has 0 saturated heterocycles. The number of carboxylic acid groups (broad SMARTS) is 1. The normalized spacial score (nSPS) is 10.1. The number of benzene rings is 1. The van der Waals surface area contributed by atoms with E-state index in [1.807, 2.05) is 44.2 Å². The lowest BCUT2D eigenvalue weighted by Crippen LogP contribution is -2.44. The quantitative estimate of drug-likeness (QED) is 0.834. The molecule has 1 N–H and O–H groups in total. The first-order valence-corrected chi connectivity index (χ1v) is 6.93. The van der Waals surface area contributed by atoms with Gasteiger partial charge in [-0.05, 0) is 25.5 Å². The van der Waals surface area contributed by atoms with E-state index in [0.717, 1.165) is 12.1 Å². The molecule has 0 unspecified atom stereocenters. The molecule has 0 saturated carbocycles. The molecule has 0 radical (unpaired) electrons. The Morgan fingerprint density at radius 3 is 2.25 bits per heavy atom. The van der Waals surface area contributed by atoms with Crippen LogP contribution in [0.2, 0.25) is 0 Å². The van der Waals surface area contributed by atoms with Gasteiger partial charge in [0.15, 0.2) is 0 Å². The van der Waals surface area contributed by atoms with E-state index in [1.54, 1.807) is 4.90 Å². The second-order valence-corrected chi connectivity index (χ2v) is 4.49. The van der Waals surface area contributed by atoms with Crippen LogP contribution in [0.1, 0.15) is 26.7 Å². The van der Waals surface area contributed by atoms with Crippen molar-refractivity contribution in [3.63, 3.8) is 0 Å². The molecule has 0 aromatic heterocycles. The van der Waals surface area contributed by atoms with Crippen molar-refractivity contribution in [1.29, 1.82) is 0 Å². The van der Waals surface area contributed by atoms with E-state index in [4.69, 9.17) is 5.11 Å². The SMILES string of the molecule is CCCN(CC)C(=O)N(CCC(=O)O)c1ccccc1. The molecular weight excluding hydrogens is 256 g/mol. The highest BCUT2D eigenvalue weighted by Gasteiger charge is 2.21. The zero-order chi connectivity index (χ0) is 15.0. The number of urea groups is 1. The molecular formula is C15H22N2O3. The molecule has 5 nitrogen and oxygen atoms in total. The van der Waals surface area contributed by atoms with Crippen LogP contribution in [-0.2, 0) is 4.79 Å². The van der Waals surface area contributed by atoms with E-state index in [9.17, 15) is 9.59 Å². The Hall–Kier alpha value is -2.04. The summed E-state index contributed by atoms with van der Waals surface area (Å²) in [5.41, 5.74) is 0.730. The van der Waals surface area contributed by atoms with Crippen LogP contribution in [0.25, 0.3) is 0 Å². The molecule has 0 aliphatic heterocycles. The van der Waals surface area contributed by atoms with Crippen molar-refractivity contribution in [3.8, 4) is 0 Å². The van der Waals surface area contributed by atoms with Crippen LogP contribution < -0.4 is 4.90 Å². The summed E-state index contributed by atoms with van der Waals surface area (Å²) in [5, 5.41) is 8.84. The number of carbonyl (C=O) groups excluding carboxylic acids is 1. The smallest absolute Gasteiger partial charge is 0.324 e. The van der Waals surface area contributed by atoms with E-state index in [0.29, 0.717) is 13.1 Å². The van der Waals surface area contributed by atoms with Gasteiger partial charge in [-0.3, -0.25) is 9.69 Å². The Morgan fingerprint density at radius 1 is 1.10 bits per heavy atom. The first kappa shape index (κ1) is 16.0. The highest BCUT2D eigenvalue weighted by atomic mass is 16.4. The largest absolute Gasteiger partial charge is 0.481 e. The minimum Gasteiger partial charge on any atom is -0.481 e. The summed E-state index contributed by atoms with van der Waals surface area (Å²) in [4.78, 5) is 26.6. The Bertz CT molecular complexity index is 434. The molecule has 0 bridgehead atoms. The summed E-state index contributed by atoms with van der Waals surface area (Å²) < 4.78 is 0. The number of hydrogen-bond acceptors (Lipinski definition) is 2. The van der Waals surface area contributed by atoms with Crippen LogP contribution in [0.3, 0.4) is 0 Å². The molecule has 20 heavy (non-hydrogen) atoms. The van der Waals surface area contributed by atoms with Crippen molar-refractivity contribution < 1.29 is 14.7 Å². The Labute approximate surface area is 119 Å². The molecule has 0 heterocycles. The first-order valence-electron chi connectivity index (χ1n) is 6.93. The van der Waals surface area contributed by atoms with Gasteiger partial charge < -0.3 is 10.0 Å². The second-order valence-electron chi connectivity index (χ2n) is 4.49. The number of carbonyl (C=O) groups is 2. The molecule has 0 aliphatic carbocycles. The lowest BCUT2D eigenvalue weighted by atomic mass is 10.2. The van der Waals surface area contributed by atoms with Crippen molar-refractivity contribution in [3.05, 3.63) is 30.3 Å². The Morgan fingerprint density at radius 2 is 1.75 bits per heavy atom. The number of anilines is 1. The number of aliphatic carboxylic acids is 1. The molecule has 0 atom stereocenters. The number of hydrogen-bond donors (Lipinski definition) is 1. The van der Waals surface area contributed by atoms with Crippen molar-refractivity contribution in [1.82, 2.24) is 4.90 Å². The second kappa shape index (κ2) is 8.19. The zero-order valence-electron chi connectivity index (χ0n) is 12.1. The molecule has 0 fully saturated rings. The predicted octanol–water partition coefficient (Wildman–Crippen LogP) is 2.82. The summed E-state index contributed by atoms with van der Waals surface area (Å²) >= 11 is 0. The van der Waals surface area contributed by atoms with E-state index < -0.39 is 5.97 Å². The fourth-order valence-electron chi connectivity index (χ4n) is 1.98. The summed E-state index contributed by atoms with van der Waals surface area (Å²) in [6.07, 6.45) is 0.811. The Balaban J connectivity index is 2.91. The molecule has 0 spiro atoms. The van der Waals surface area contributed by atoms with Gasteiger partial charge in [-0.1, -0.05) is 25.1 Å². The summed E-state index contributed by atoms with van der Waals surface area (Å²) in [7, 11) is 0. The average Bonchev–Trinajstić information content (AvgIpc) is 2.45. The monoisotopic (exact) mass is 278 g/mol. The van der Waals surface area contributed by atoms with Crippen molar-refractivity contribution >= 4 is 17.7 Å². The lowest BCUT2D eigenvalue weighted by Gasteiger charge is -2.29. The summed E-state index contributed by atoms with van der Waals surface area (Å²) in [6, 6.07) is 9.05. The van der Waals surface area contributed by atoms with Crippen LogP contribution >= 0.6 is 0 Å². The van der Waals surface area contributed by atoms with E-state index >= 15 is 0 Å². The van der Waals surface area contributed by atoms with Crippen LogP contribution in [0.4, 0.5) is 10.5 Å². The van der Waals surface area contributed by atoms with Crippen LogP contribution in [0.5, 0.6) is 0 Å². The lowest BCUT2D eigenvalue weighted by molar-refractivity contribution is -0.136. The highest BCUT2D eigenvalue weighted by Crippen LogP contribution is 2.16. The fourth-order valence-corrected chi connectivity index (χ4v) is 1.98. The number of amides is 2. The standard InChI is InChI=1S/C15H22N2O3/c1-3-11-16(4-2)15(20)17(12-10-14(18)19)13-8-6-5-7-9-13/h5-9H,3-4,10-12H2,1-2H3,(H,18,19). The van der Waals surface area contributed by atoms with Gasteiger partial charge in [0.05, 0.1) is 6.42 Å². The number of nitrogens with zero attached hydrogens (tertiary/aromatic N) is 2. The van der Waals surface area contributed by atoms with Gasteiger partial charge in [-0.25, -0.2) is 4.79 Å². The van der Waals surface area contributed by atoms with E-state index in [1.165, 1.54) is 4.90 Å². The number of para-hydroxylation sites is 1. The number of rotatable bonds is 7. The number of carboxylic acids is 1. The van der Waals surface area contributed by atoms with Crippen molar-refractivity contribution in [2.75, 3.05) is 24.5 Å². The molecule has 2 amide bonds. The van der Waals surface area contributed by atoms with Crippen LogP contribution in [-0.4, -0.2) is 41.6 Å². The van der Waals surface area contributed by atoms with E-state index in [2.05, 4.69) is 0 Å². The maximum atomic E-state index is 12.5. The van der Waals surface area contributed by atoms with Gasteiger partial charge in [-0.15, -0.1) is 0 Å². The first-order chi connectivity index (χ1) is 9.60. The van der Waals surface area contributed by atoms with Crippen LogP contribution in [0, 0.1) is 0 Å². The van der Waals surface area contributed by atoms with Gasteiger partial charge in [0, 0.05) is 25.3 Å². The maximum absolute atomic E-state index is 12.5. The third-order valence-corrected chi connectivity index (χ3v) is 2.99. The molecule has 1 rings (SSSR count). The molecule has 1 aromatic carbocycles. The van der Waals surface area contributed by atoms with Gasteiger partial charge in [0.25, 0.3) is 0 Å². The molecule has 5 heteroatoms. The minimum atomic E-state index is -0.905. The van der Waals surface area contributed by atoms with Gasteiger partial charge in [0.2, 0.25) is 0 Å². The predicted molar refractivity (Wildman–Crippen MR) is 79.0 cm³/mol.